The van der Waals surface area contributed by atoms with Crippen molar-refractivity contribution < 1.29 is 19.4 Å². The van der Waals surface area contributed by atoms with E-state index in [9.17, 15) is 9.59 Å². The lowest BCUT2D eigenvalue weighted by molar-refractivity contribution is -0.146. The Morgan fingerprint density at radius 3 is 2.50 bits per heavy atom. The van der Waals surface area contributed by atoms with Gasteiger partial charge in [0.1, 0.15) is 12.6 Å². The lowest BCUT2D eigenvalue weighted by Gasteiger charge is -2.38. The van der Waals surface area contributed by atoms with Crippen LogP contribution in [0.15, 0.2) is 0 Å². The van der Waals surface area contributed by atoms with Gasteiger partial charge < -0.3 is 20.5 Å². The van der Waals surface area contributed by atoms with E-state index in [0.717, 1.165) is 0 Å². The fourth-order valence-corrected chi connectivity index (χ4v) is 1.72. The fraction of sp³-hybridized carbons (Fsp3) is 0.833. The zero-order valence-corrected chi connectivity index (χ0v) is 11.2. The van der Waals surface area contributed by atoms with Crippen molar-refractivity contribution in [1.29, 1.82) is 0 Å². The number of carbonyl (C=O) groups excluding carboxylic acids is 1. The highest BCUT2D eigenvalue weighted by Gasteiger charge is 2.33. The maximum Gasteiger partial charge on any atom is 0.326 e. The Bertz CT molecular complexity index is 315. The van der Waals surface area contributed by atoms with Gasteiger partial charge in [-0.05, 0) is 12.8 Å². The Hall–Kier alpha value is -1.14. The SMILES string of the molecule is CCC(C)[C@H](NC(=O)COC1(C)CNC1)C(=O)O. The molecule has 0 bridgehead atoms. The van der Waals surface area contributed by atoms with Gasteiger partial charge in [0.05, 0.1) is 5.60 Å². The number of hydrogen-bond donors (Lipinski definition) is 3. The number of carboxylic acids is 1. The lowest BCUT2D eigenvalue weighted by atomic mass is 9.99. The van der Waals surface area contributed by atoms with Crippen LogP contribution in [0.4, 0.5) is 0 Å². The van der Waals surface area contributed by atoms with E-state index in [1.807, 2.05) is 13.8 Å². The minimum Gasteiger partial charge on any atom is -0.480 e. The van der Waals surface area contributed by atoms with Gasteiger partial charge in [-0.3, -0.25) is 4.79 Å². The van der Waals surface area contributed by atoms with E-state index in [4.69, 9.17) is 9.84 Å². The van der Waals surface area contributed by atoms with E-state index in [1.54, 1.807) is 6.92 Å². The molecule has 3 N–H and O–H groups in total. The maximum absolute atomic E-state index is 11.6. The Balaban J connectivity index is 2.39. The van der Waals surface area contributed by atoms with Crippen molar-refractivity contribution in [3.8, 4) is 0 Å². The van der Waals surface area contributed by atoms with Crippen LogP contribution < -0.4 is 10.6 Å². The second kappa shape index (κ2) is 6.15. The molecule has 104 valence electrons. The number of ether oxygens (including phenoxy) is 1. The number of hydrogen-bond acceptors (Lipinski definition) is 4. The Morgan fingerprint density at radius 2 is 2.11 bits per heavy atom. The number of nitrogens with one attached hydrogen (secondary N) is 2. The predicted octanol–water partition coefficient (Wildman–Crippen LogP) is -0.0196. The van der Waals surface area contributed by atoms with Gasteiger partial charge in [-0.25, -0.2) is 4.79 Å². The van der Waals surface area contributed by atoms with Crippen molar-refractivity contribution in [3.63, 3.8) is 0 Å². The molecule has 0 radical (unpaired) electrons. The first-order valence-corrected chi connectivity index (χ1v) is 6.25. The highest BCUT2D eigenvalue weighted by Crippen LogP contribution is 2.15. The summed E-state index contributed by atoms with van der Waals surface area (Å²) in [6, 6.07) is -0.849. The highest BCUT2D eigenvalue weighted by molar-refractivity contribution is 5.84. The average molecular weight is 258 g/mol. The molecule has 0 spiro atoms. The van der Waals surface area contributed by atoms with Gasteiger partial charge in [0, 0.05) is 13.1 Å². The Morgan fingerprint density at radius 1 is 1.50 bits per heavy atom. The summed E-state index contributed by atoms with van der Waals surface area (Å²) < 4.78 is 5.45. The van der Waals surface area contributed by atoms with Crippen molar-refractivity contribution in [1.82, 2.24) is 10.6 Å². The van der Waals surface area contributed by atoms with Crippen molar-refractivity contribution >= 4 is 11.9 Å². The molecule has 0 aliphatic carbocycles. The van der Waals surface area contributed by atoms with Gasteiger partial charge in [0.25, 0.3) is 0 Å². The van der Waals surface area contributed by atoms with E-state index >= 15 is 0 Å². The van der Waals surface area contributed by atoms with Gasteiger partial charge in [0.2, 0.25) is 5.91 Å². The number of aliphatic carboxylic acids is 1. The molecule has 1 heterocycles. The molecule has 2 atom stereocenters. The van der Waals surface area contributed by atoms with E-state index in [1.165, 1.54) is 0 Å². The summed E-state index contributed by atoms with van der Waals surface area (Å²) in [4.78, 5) is 22.7. The minimum atomic E-state index is -1.01. The molecule has 1 saturated heterocycles. The largest absolute Gasteiger partial charge is 0.480 e. The summed E-state index contributed by atoms with van der Waals surface area (Å²) >= 11 is 0. The third kappa shape index (κ3) is 3.96. The first-order valence-electron chi connectivity index (χ1n) is 6.25. The molecule has 1 fully saturated rings. The standard InChI is InChI=1S/C12H22N2O4/c1-4-8(2)10(11(16)17)14-9(15)5-18-12(3)6-13-7-12/h8,10,13H,4-7H2,1-3H3,(H,14,15)(H,16,17)/t8?,10-/m0/s1. The molecule has 1 aliphatic rings. The molecule has 6 nitrogen and oxygen atoms in total. The van der Waals surface area contributed by atoms with Crippen LogP contribution in [-0.4, -0.2) is 48.3 Å². The van der Waals surface area contributed by atoms with Gasteiger partial charge in [-0.15, -0.1) is 0 Å². The third-order valence-electron chi connectivity index (χ3n) is 3.35. The molecule has 0 aromatic rings. The lowest BCUT2D eigenvalue weighted by Crippen LogP contribution is -2.60. The number of carbonyl (C=O) groups is 2. The van der Waals surface area contributed by atoms with Gasteiger partial charge in [-0.1, -0.05) is 20.3 Å². The second-order valence-electron chi connectivity index (χ2n) is 5.11. The summed E-state index contributed by atoms with van der Waals surface area (Å²) in [5.74, 6) is -1.49. The van der Waals surface area contributed by atoms with Crippen LogP contribution in [0.1, 0.15) is 27.2 Å². The van der Waals surface area contributed by atoms with Crippen LogP contribution in [0.2, 0.25) is 0 Å². The van der Waals surface area contributed by atoms with Crippen LogP contribution in [0, 0.1) is 5.92 Å². The van der Waals surface area contributed by atoms with Crippen LogP contribution in [0.5, 0.6) is 0 Å². The normalized spacial score (nSPS) is 20.6. The molecule has 0 aromatic carbocycles. The Labute approximate surface area is 107 Å². The Kier molecular flexibility index (Phi) is 5.10. The molecule has 1 unspecified atom stereocenters. The zero-order valence-electron chi connectivity index (χ0n) is 11.2. The van der Waals surface area contributed by atoms with Gasteiger partial charge >= 0.3 is 5.97 Å². The number of rotatable bonds is 7. The van der Waals surface area contributed by atoms with Crippen molar-refractivity contribution in [2.45, 2.75) is 38.8 Å². The maximum atomic E-state index is 11.6. The van der Waals surface area contributed by atoms with E-state index in [-0.39, 0.29) is 24.0 Å². The molecule has 18 heavy (non-hydrogen) atoms. The molecule has 1 rings (SSSR count). The van der Waals surface area contributed by atoms with Gasteiger partial charge in [0.15, 0.2) is 0 Å². The fourth-order valence-electron chi connectivity index (χ4n) is 1.72. The van der Waals surface area contributed by atoms with Crippen LogP contribution >= 0.6 is 0 Å². The molecule has 6 heteroatoms. The first-order chi connectivity index (χ1) is 8.38. The minimum absolute atomic E-state index is 0.0988. The monoisotopic (exact) mass is 258 g/mol. The molecule has 1 aliphatic heterocycles. The molecule has 1 amide bonds. The van der Waals surface area contributed by atoms with Crippen LogP contribution in [0.3, 0.4) is 0 Å². The summed E-state index contributed by atoms with van der Waals surface area (Å²) in [5.41, 5.74) is -0.299. The highest BCUT2D eigenvalue weighted by atomic mass is 16.5. The van der Waals surface area contributed by atoms with Crippen LogP contribution in [-0.2, 0) is 14.3 Å². The molecule has 0 saturated carbocycles. The molecular weight excluding hydrogens is 236 g/mol. The predicted molar refractivity (Wildman–Crippen MR) is 66.2 cm³/mol. The van der Waals surface area contributed by atoms with E-state index in [0.29, 0.717) is 19.5 Å². The zero-order chi connectivity index (χ0) is 13.8. The van der Waals surface area contributed by atoms with Crippen molar-refractivity contribution in [3.05, 3.63) is 0 Å². The number of carboxylic acid groups (broad SMARTS) is 1. The average Bonchev–Trinajstić information content (AvgIpc) is 2.29. The topological polar surface area (TPSA) is 87.7 Å². The molecular formula is C12H22N2O4. The number of amides is 1. The quantitative estimate of drug-likeness (QED) is 0.597. The van der Waals surface area contributed by atoms with Crippen molar-refractivity contribution in [2.75, 3.05) is 19.7 Å². The van der Waals surface area contributed by atoms with Crippen LogP contribution in [0.25, 0.3) is 0 Å². The van der Waals surface area contributed by atoms with Crippen molar-refractivity contribution in [2.24, 2.45) is 5.92 Å². The smallest absolute Gasteiger partial charge is 0.326 e. The van der Waals surface area contributed by atoms with E-state index < -0.39 is 12.0 Å². The first kappa shape index (κ1) is 14.9. The summed E-state index contributed by atoms with van der Waals surface area (Å²) in [6.45, 7) is 6.95. The summed E-state index contributed by atoms with van der Waals surface area (Å²) in [7, 11) is 0. The third-order valence-corrected chi connectivity index (χ3v) is 3.35. The van der Waals surface area contributed by atoms with Gasteiger partial charge in [-0.2, -0.15) is 0 Å². The summed E-state index contributed by atoms with van der Waals surface area (Å²) in [5, 5.41) is 14.6. The molecule has 0 aromatic heterocycles. The summed E-state index contributed by atoms with van der Waals surface area (Å²) in [6.07, 6.45) is 0.694. The van der Waals surface area contributed by atoms with E-state index in [2.05, 4.69) is 10.6 Å². The second-order valence-corrected chi connectivity index (χ2v) is 5.11.